The van der Waals surface area contributed by atoms with Gasteiger partial charge in [0.1, 0.15) is 22.5 Å². The van der Waals surface area contributed by atoms with E-state index in [4.69, 9.17) is 15.0 Å². The van der Waals surface area contributed by atoms with Crippen molar-refractivity contribution >= 4 is 33.2 Å². The van der Waals surface area contributed by atoms with Crippen LogP contribution in [0, 0.1) is 12.7 Å². The summed E-state index contributed by atoms with van der Waals surface area (Å²) in [5, 5.41) is 0.429. The Kier molecular flexibility index (Phi) is 4.13. The first-order valence-electron chi connectivity index (χ1n) is 9.95. The molecule has 3 heterocycles. The number of fused-ring (bicyclic) bond motifs is 4. The van der Waals surface area contributed by atoms with Crippen molar-refractivity contribution in [2.24, 2.45) is 0 Å². The van der Waals surface area contributed by atoms with E-state index in [1.54, 1.807) is 21.3 Å². The fraction of sp³-hybridized carbons (Fsp3) is 0.217. The van der Waals surface area contributed by atoms with E-state index < -0.39 is 0 Å². The highest BCUT2D eigenvalue weighted by molar-refractivity contribution is 6.05. The maximum Gasteiger partial charge on any atom is 0.265 e. The van der Waals surface area contributed by atoms with Crippen LogP contribution in [0.3, 0.4) is 0 Å². The standard InChI is InChI=1S/C23H20FN5O/c1-4-13(2)28-14(3)25-21-19(23(28)30)20-22(27-18-8-6-5-7-17(18)26-20)29(21)16-11-9-15(24)10-12-16/h5-13H,4H2,1-3H3. The van der Waals surface area contributed by atoms with Gasteiger partial charge in [-0.2, -0.15) is 0 Å². The van der Waals surface area contributed by atoms with Crippen LogP contribution in [0.15, 0.2) is 53.3 Å². The molecule has 3 aromatic heterocycles. The molecule has 7 heteroatoms. The van der Waals surface area contributed by atoms with Gasteiger partial charge < -0.3 is 0 Å². The van der Waals surface area contributed by atoms with E-state index in [1.807, 2.05) is 45.0 Å². The molecular weight excluding hydrogens is 381 g/mol. The van der Waals surface area contributed by atoms with Gasteiger partial charge in [0.2, 0.25) is 0 Å². The van der Waals surface area contributed by atoms with Crippen LogP contribution in [-0.2, 0) is 0 Å². The molecule has 0 saturated carbocycles. The largest absolute Gasteiger partial charge is 0.293 e. The Labute approximate surface area is 171 Å². The summed E-state index contributed by atoms with van der Waals surface area (Å²) < 4.78 is 17.1. The highest BCUT2D eigenvalue weighted by Gasteiger charge is 2.23. The second-order valence-corrected chi connectivity index (χ2v) is 7.49. The normalized spacial score (nSPS) is 12.8. The molecule has 5 aromatic rings. The molecule has 6 nitrogen and oxygen atoms in total. The number of rotatable bonds is 3. The van der Waals surface area contributed by atoms with E-state index in [1.165, 1.54) is 12.1 Å². The first-order chi connectivity index (χ1) is 14.5. The van der Waals surface area contributed by atoms with E-state index >= 15 is 0 Å². The third-order valence-electron chi connectivity index (χ3n) is 5.60. The summed E-state index contributed by atoms with van der Waals surface area (Å²) in [6.45, 7) is 5.87. The lowest BCUT2D eigenvalue weighted by atomic mass is 10.2. The van der Waals surface area contributed by atoms with Gasteiger partial charge in [0.25, 0.3) is 5.56 Å². The predicted molar refractivity (Wildman–Crippen MR) is 116 cm³/mol. The molecule has 150 valence electrons. The van der Waals surface area contributed by atoms with Gasteiger partial charge in [0.15, 0.2) is 11.3 Å². The van der Waals surface area contributed by atoms with Crippen LogP contribution in [-0.4, -0.2) is 24.1 Å². The van der Waals surface area contributed by atoms with Gasteiger partial charge in [-0.1, -0.05) is 19.1 Å². The predicted octanol–water partition coefficient (Wildman–Crippen LogP) is 4.70. The molecule has 5 rings (SSSR count). The lowest BCUT2D eigenvalue weighted by molar-refractivity contribution is 0.497. The fourth-order valence-corrected chi connectivity index (χ4v) is 3.95. The number of hydrogen-bond acceptors (Lipinski definition) is 4. The number of hydrogen-bond donors (Lipinski definition) is 0. The van der Waals surface area contributed by atoms with Crippen molar-refractivity contribution in [3.05, 3.63) is 70.5 Å². The molecule has 0 radical (unpaired) electrons. The summed E-state index contributed by atoms with van der Waals surface area (Å²) in [4.78, 5) is 27.9. The number of nitrogens with zero attached hydrogens (tertiary/aromatic N) is 5. The molecule has 0 aliphatic heterocycles. The van der Waals surface area contributed by atoms with Gasteiger partial charge in [-0.15, -0.1) is 0 Å². The maximum atomic E-state index is 13.6. The van der Waals surface area contributed by atoms with Crippen LogP contribution in [0.4, 0.5) is 4.39 Å². The summed E-state index contributed by atoms with van der Waals surface area (Å²) >= 11 is 0. The molecule has 30 heavy (non-hydrogen) atoms. The lowest BCUT2D eigenvalue weighted by Crippen LogP contribution is -2.26. The zero-order valence-corrected chi connectivity index (χ0v) is 16.9. The van der Waals surface area contributed by atoms with E-state index in [0.717, 1.165) is 11.9 Å². The monoisotopic (exact) mass is 401 g/mol. The molecule has 0 amide bonds. The minimum Gasteiger partial charge on any atom is -0.293 e. The highest BCUT2D eigenvalue weighted by Crippen LogP contribution is 2.29. The first-order valence-corrected chi connectivity index (χ1v) is 9.95. The first kappa shape index (κ1) is 18.4. The van der Waals surface area contributed by atoms with Crippen LogP contribution in [0.1, 0.15) is 32.1 Å². The molecule has 0 fully saturated rings. The summed E-state index contributed by atoms with van der Waals surface area (Å²) in [5.41, 5.74) is 3.47. The molecule has 1 unspecified atom stereocenters. The molecule has 0 aliphatic carbocycles. The van der Waals surface area contributed by atoms with Crippen LogP contribution >= 0.6 is 0 Å². The fourth-order valence-electron chi connectivity index (χ4n) is 3.95. The summed E-state index contributed by atoms with van der Waals surface area (Å²) in [5.74, 6) is 0.289. The molecule has 0 N–H and O–H groups in total. The van der Waals surface area contributed by atoms with Crippen molar-refractivity contribution in [2.45, 2.75) is 33.2 Å². The molecule has 0 aliphatic rings. The van der Waals surface area contributed by atoms with Crippen LogP contribution in [0.2, 0.25) is 0 Å². The van der Waals surface area contributed by atoms with Crippen LogP contribution in [0.5, 0.6) is 0 Å². The molecule has 0 spiro atoms. The zero-order chi connectivity index (χ0) is 21.0. The third kappa shape index (κ3) is 2.62. The lowest BCUT2D eigenvalue weighted by Gasteiger charge is -2.16. The summed E-state index contributed by atoms with van der Waals surface area (Å²) in [6.07, 6.45) is 0.805. The van der Waals surface area contributed by atoms with Gasteiger partial charge in [0, 0.05) is 11.7 Å². The van der Waals surface area contributed by atoms with Crippen LogP contribution < -0.4 is 5.56 Å². The number of benzene rings is 2. The van der Waals surface area contributed by atoms with Crippen molar-refractivity contribution < 1.29 is 4.39 Å². The molecule has 0 saturated heterocycles. The minimum atomic E-state index is -0.334. The Morgan fingerprint density at radius 2 is 1.63 bits per heavy atom. The summed E-state index contributed by atoms with van der Waals surface area (Å²) in [7, 11) is 0. The second kappa shape index (κ2) is 6.73. The average molecular weight is 401 g/mol. The van der Waals surface area contributed by atoms with Crippen molar-refractivity contribution in [1.29, 1.82) is 0 Å². The highest BCUT2D eigenvalue weighted by atomic mass is 19.1. The Morgan fingerprint density at radius 1 is 0.967 bits per heavy atom. The van der Waals surface area contributed by atoms with Gasteiger partial charge in [-0.25, -0.2) is 19.3 Å². The van der Waals surface area contributed by atoms with Crippen molar-refractivity contribution in [3.8, 4) is 5.69 Å². The molecule has 2 aromatic carbocycles. The second-order valence-electron chi connectivity index (χ2n) is 7.49. The number of aryl methyl sites for hydroxylation is 1. The molecule has 1 atom stereocenters. The quantitative estimate of drug-likeness (QED) is 0.439. The van der Waals surface area contributed by atoms with E-state index in [0.29, 0.717) is 39.2 Å². The number of para-hydroxylation sites is 2. The Hall–Kier alpha value is -3.61. The SMILES string of the molecule is CCC(C)n1c(C)nc2c(c1=O)c1nc3ccccc3nc1n2-c1ccc(F)cc1. The van der Waals surface area contributed by atoms with E-state index in [-0.39, 0.29) is 17.4 Å². The topological polar surface area (TPSA) is 65.6 Å². The van der Waals surface area contributed by atoms with Gasteiger partial charge in [-0.05, 0) is 56.7 Å². The third-order valence-corrected chi connectivity index (χ3v) is 5.60. The molecular formula is C23H20FN5O. The summed E-state index contributed by atoms with van der Waals surface area (Å²) in [6, 6.07) is 13.6. The van der Waals surface area contributed by atoms with Gasteiger partial charge >= 0.3 is 0 Å². The Balaban J connectivity index is 2.01. The van der Waals surface area contributed by atoms with E-state index in [9.17, 15) is 9.18 Å². The van der Waals surface area contributed by atoms with Crippen LogP contribution in [0.25, 0.3) is 38.9 Å². The maximum absolute atomic E-state index is 13.6. The van der Waals surface area contributed by atoms with Crippen molar-refractivity contribution in [1.82, 2.24) is 24.1 Å². The number of aromatic nitrogens is 5. The Morgan fingerprint density at radius 3 is 2.30 bits per heavy atom. The Bertz CT molecular complexity index is 1480. The van der Waals surface area contributed by atoms with E-state index in [2.05, 4.69) is 0 Å². The van der Waals surface area contributed by atoms with Crippen molar-refractivity contribution in [2.75, 3.05) is 0 Å². The van der Waals surface area contributed by atoms with Gasteiger partial charge in [-0.3, -0.25) is 13.9 Å². The molecule has 0 bridgehead atoms. The zero-order valence-electron chi connectivity index (χ0n) is 16.9. The average Bonchev–Trinajstić information content (AvgIpc) is 3.05. The number of halogens is 1. The minimum absolute atomic E-state index is 0.00652. The van der Waals surface area contributed by atoms with Crippen molar-refractivity contribution in [3.63, 3.8) is 0 Å². The van der Waals surface area contributed by atoms with Gasteiger partial charge in [0.05, 0.1) is 11.0 Å². The smallest absolute Gasteiger partial charge is 0.265 e.